The molecular formula is C11H12BrClO5S. The third-order valence-corrected chi connectivity index (χ3v) is 4.23. The minimum absolute atomic E-state index is 0.0875. The molecule has 1 aromatic rings. The summed E-state index contributed by atoms with van der Waals surface area (Å²) in [7, 11) is 2.87. The SMILES string of the molecule is COCCOC(=O)c1cc(Br)cc(S(=O)(=O)Cl)c1C. The van der Waals surface area contributed by atoms with Crippen LogP contribution in [-0.2, 0) is 18.5 Å². The van der Waals surface area contributed by atoms with E-state index < -0.39 is 15.0 Å². The second-order valence-electron chi connectivity index (χ2n) is 3.64. The van der Waals surface area contributed by atoms with E-state index in [4.69, 9.17) is 20.2 Å². The molecule has 106 valence electrons. The number of carbonyl (C=O) groups excluding carboxylic acids is 1. The summed E-state index contributed by atoms with van der Waals surface area (Å²) < 4.78 is 33.0. The molecule has 0 atom stereocenters. The van der Waals surface area contributed by atoms with Crippen molar-refractivity contribution >= 4 is 41.6 Å². The van der Waals surface area contributed by atoms with Crippen LogP contribution in [0.15, 0.2) is 21.5 Å². The fourth-order valence-electron chi connectivity index (χ4n) is 1.41. The van der Waals surface area contributed by atoms with Crippen LogP contribution in [0.1, 0.15) is 15.9 Å². The molecule has 0 saturated heterocycles. The molecule has 0 saturated carbocycles. The van der Waals surface area contributed by atoms with Crippen LogP contribution in [-0.4, -0.2) is 34.7 Å². The van der Waals surface area contributed by atoms with E-state index in [2.05, 4.69) is 15.9 Å². The molecule has 5 nitrogen and oxygen atoms in total. The summed E-state index contributed by atoms with van der Waals surface area (Å²) in [4.78, 5) is 11.7. The van der Waals surface area contributed by atoms with Crippen molar-refractivity contribution < 1.29 is 22.7 Å². The van der Waals surface area contributed by atoms with Crippen molar-refractivity contribution in [1.29, 1.82) is 0 Å². The van der Waals surface area contributed by atoms with Crippen LogP contribution < -0.4 is 0 Å². The first kappa shape index (κ1) is 16.4. The normalized spacial score (nSPS) is 11.4. The first-order chi connectivity index (χ1) is 8.77. The quantitative estimate of drug-likeness (QED) is 0.452. The van der Waals surface area contributed by atoms with Crippen molar-refractivity contribution in [2.45, 2.75) is 11.8 Å². The summed E-state index contributed by atoms with van der Waals surface area (Å²) in [5, 5.41) is 0. The van der Waals surface area contributed by atoms with Crippen LogP contribution in [0.3, 0.4) is 0 Å². The Kier molecular flexibility index (Phi) is 5.79. The summed E-state index contributed by atoms with van der Waals surface area (Å²) in [6.07, 6.45) is 0. The molecule has 0 fully saturated rings. The molecule has 0 heterocycles. The van der Waals surface area contributed by atoms with E-state index in [1.807, 2.05) is 0 Å². The fraction of sp³-hybridized carbons (Fsp3) is 0.364. The fourth-order valence-corrected chi connectivity index (χ4v) is 3.25. The summed E-state index contributed by atoms with van der Waals surface area (Å²) in [5.74, 6) is -0.627. The van der Waals surface area contributed by atoms with Crippen LogP contribution in [0.4, 0.5) is 0 Å². The maximum atomic E-state index is 11.8. The first-order valence-corrected chi connectivity index (χ1v) is 8.28. The number of methoxy groups -OCH3 is 1. The van der Waals surface area contributed by atoms with Gasteiger partial charge in [-0.15, -0.1) is 0 Å². The zero-order valence-corrected chi connectivity index (χ0v) is 13.4. The van der Waals surface area contributed by atoms with E-state index in [-0.39, 0.29) is 29.2 Å². The Morgan fingerprint density at radius 3 is 2.53 bits per heavy atom. The predicted octanol–water partition coefficient (Wildman–Crippen LogP) is 2.49. The van der Waals surface area contributed by atoms with E-state index in [9.17, 15) is 13.2 Å². The van der Waals surface area contributed by atoms with Gasteiger partial charge in [0.25, 0.3) is 9.05 Å². The monoisotopic (exact) mass is 370 g/mol. The lowest BCUT2D eigenvalue weighted by molar-refractivity contribution is 0.0387. The molecule has 8 heteroatoms. The summed E-state index contributed by atoms with van der Waals surface area (Å²) in [6, 6.07) is 2.82. The number of benzene rings is 1. The minimum atomic E-state index is -3.93. The van der Waals surface area contributed by atoms with Gasteiger partial charge in [-0.05, 0) is 24.6 Å². The lowest BCUT2D eigenvalue weighted by atomic mass is 10.1. The summed E-state index contributed by atoms with van der Waals surface area (Å²) >= 11 is 3.13. The van der Waals surface area contributed by atoms with Crippen LogP contribution in [0.5, 0.6) is 0 Å². The van der Waals surface area contributed by atoms with Gasteiger partial charge < -0.3 is 9.47 Å². The molecule has 1 aromatic carbocycles. The van der Waals surface area contributed by atoms with E-state index in [1.54, 1.807) is 0 Å². The highest BCUT2D eigenvalue weighted by Gasteiger charge is 2.21. The van der Waals surface area contributed by atoms with E-state index in [0.29, 0.717) is 4.47 Å². The number of halogens is 2. The Hall–Kier alpha value is -0.630. The van der Waals surface area contributed by atoms with Gasteiger partial charge in [-0.3, -0.25) is 0 Å². The van der Waals surface area contributed by atoms with E-state index >= 15 is 0 Å². The smallest absolute Gasteiger partial charge is 0.338 e. The number of rotatable bonds is 5. The molecule has 0 aromatic heterocycles. The van der Waals surface area contributed by atoms with E-state index in [0.717, 1.165) is 0 Å². The highest BCUT2D eigenvalue weighted by Crippen LogP contribution is 2.27. The maximum Gasteiger partial charge on any atom is 0.338 e. The van der Waals surface area contributed by atoms with Gasteiger partial charge in [-0.25, -0.2) is 13.2 Å². The highest BCUT2D eigenvalue weighted by molar-refractivity contribution is 9.10. The molecule has 1 rings (SSSR count). The Morgan fingerprint density at radius 1 is 1.37 bits per heavy atom. The first-order valence-electron chi connectivity index (χ1n) is 5.18. The number of hydrogen-bond donors (Lipinski definition) is 0. The highest BCUT2D eigenvalue weighted by atomic mass is 79.9. The van der Waals surface area contributed by atoms with Crippen molar-refractivity contribution in [2.75, 3.05) is 20.3 Å². The molecule has 0 aliphatic heterocycles. The van der Waals surface area contributed by atoms with Gasteiger partial charge in [0, 0.05) is 22.3 Å². The van der Waals surface area contributed by atoms with Crippen molar-refractivity contribution in [1.82, 2.24) is 0 Å². The van der Waals surface area contributed by atoms with Crippen molar-refractivity contribution in [3.05, 3.63) is 27.7 Å². The van der Waals surface area contributed by atoms with Crippen molar-refractivity contribution in [2.24, 2.45) is 0 Å². The molecule has 19 heavy (non-hydrogen) atoms. The average Bonchev–Trinajstić information content (AvgIpc) is 2.30. The van der Waals surface area contributed by atoms with Gasteiger partial charge in [0.2, 0.25) is 0 Å². The van der Waals surface area contributed by atoms with Crippen LogP contribution in [0.25, 0.3) is 0 Å². The van der Waals surface area contributed by atoms with Crippen LogP contribution >= 0.6 is 26.6 Å². The average molecular weight is 372 g/mol. The summed E-state index contributed by atoms with van der Waals surface area (Å²) in [5.41, 5.74) is 0.394. The Balaban J connectivity index is 3.15. The second-order valence-corrected chi connectivity index (χ2v) is 7.09. The molecule has 0 aliphatic rings. The number of ether oxygens (including phenoxy) is 2. The third kappa shape index (κ3) is 4.45. The molecule has 0 unspecified atom stereocenters. The largest absolute Gasteiger partial charge is 0.460 e. The van der Waals surface area contributed by atoms with Gasteiger partial charge in [0.05, 0.1) is 17.1 Å². The molecule has 0 spiro atoms. The maximum absolute atomic E-state index is 11.8. The molecule has 0 radical (unpaired) electrons. The number of hydrogen-bond acceptors (Lipinski definition) is 5. The predicted molar refractivity (Wildman–Crippen MR) is 74.1 cm³/mol. The minimum Gasteiger partial charge on any atom is -0.460 e. The van der Waals surface area contributed by atoms with Crippen LogP contribution in [0.2, 0.25) is 0 Å². The topological polar surface area (TPSA) is 69.7 Å². The second kappa shape index (κ2) is 6.69. The Labute approximate surface area is 124 Å². The van der Waals surface area contributed by atoms with Gasteiger partial charge in [-0.1, -0.05) is 15.9 Å². The Morgan fingerprint density at radius 2 is 2.00 bits per heavy atom. The lowest BCUT2D eigenvalue weighted by Crippen LogP contribution is -2.12. The van der Waals surface area contributed by atoms with Gasteiger partial charge >= 0.3 is 5.97 Å². The van der Waals surface area contributed by atoms with E-state index in [1.165, 1.54) is 26.2 Å². The lowest BCUT2D eigenvalue weighted by Gasteiger charge is -2.10. The Bertz CT molecular complexity index is 585. The zero-order valence-electron chi connectivity index (χ0n) is 10.3. The molecule has 0 bridgehead atoms. The van der Waals surface area contributed by atoms with Crippen molar-refractivity contribution in [3.63, 3.8) is 0 Å². The van der Waals surface area contributed by atoms with Gasteiger partial charge in [-0.2, -0.15) is 0 Å². The molecule has 0 amide bonds. The molecule has 0 N–H and O–H groups in total. The standard InChI is InChI=1S/C11H12BrClO5S/c1-7-9(11(14)18-4-3-17-2)5-8(12)6-10(7)19(13,15)16/h5-6H,3-4H2,1-2H3. The summed E-state index contributed by atoms with van der Waals surface area (Å²) in [6.45, 7) is 1.85. The third-order valence-electron chi connectivity index (χ3n) is 2.33. The number of carbonyl (C=O) groups is 1. The zero-order chi connectivity index (χ0) is 14.6. The molecular weight excluding hydrogens is 360 g/mol. The van der Waals surface area contributed by atoms with Gasteiger partial charge in [0.15, 0.2) is 0 Å². The molecule has 0 aliphatic carbocycles. The van der Waals surface area contributed by atoms with Crippen molar-refractivity contribution in [3.8, 4) is 0 Å². The van der Waals surface area contributed by atoms with Gasteiger partial charge in [0.1, 0.15) is 6.61 Å². The van der Waals surface area contributed by atoms with Crippen LogP contribution in [0, 0.1) is 6.92 Å². The number of esters is 1.